The van der Waals surface area contributed by atoms with Crippen molar-refractivity contribution in [2.75, 3.05) is 6.61 Å². The van der Waals surface area contributed by atoms with Crippen LogP contribution in [0.3, 0.4) is 0 Å². The van der Waals surface area contributed by atoms with E-state index in [1.807, 2.05) is 36.5 Å². The summed E-state index contributed by atoms with van der Waals surface area (Å²) in [6.45, 7) is 0.542. The lowest BCUT2D eigenvalue weighted by molar-refractivity contribution is 0.308. The zero-order valence-corrected chi connectivity index (χ0v) is 11.8. The van der Waals surface area contributed by atoms with Crippen molar-refractivity contribution >= 4 is 23.2 Å². The van der Waals surface area contributed by atoms with E-state index in [1.165, 1.54) is 0 Å². The lowest BCUT2D eigenvalue weighted by Gasteiger charge is -2.10. The Hall–Kier alpha value is -1.25. The molecule has 1 aromatic carbocycles. The Kier molecular flexibility index (Phi) is 3.38. The minimum Gasteiger partial charge on any atom is -0.490 e. The van der Waals surface area contributed by atoms with Gasteiger partial charge in [0.05, 0.1) is 11.1 Å². The summed E-state index contributed by atoms with van der Waals surface area (Å²) >= 11 is 12.1. The first kappa shape index (κ1) is 12.8. The molecule has 4 heteroatoms. The maximum Gasteiger partial charge on any atom is 0.138 e. The molecule has 1 saturated carbocycles. The molecule has 1 fully saturated rings. The minimum atomic E-state index is -0.143. The first-order chi connectivity index (χ1) is 9.15. The van der Waals surface area contributed by atoms with Crippen LogP contribution in [0.4, 0.5) is 0 Å². The second kappa shape index (κ2) is 5.03. The van der Waals surface area contributed by atoms with Crippen LogP contribution >= 0.6 is 23.2 Å². The highest BCUT2D eigenvalue weighted by Gasteiger charge is 2.41. The average Bonchev–Trinajstić information content (AvgIpc) is 3.16. The lowest BCUT2D eigenvalue weighted by atomic mass is 10.1. The Labute approximate surface area is 122 Å². The summed E-state index contributed by atoms with van der Waals surface area (Å²) in [4.78, 5) is 4.06. The molecule has 0 unspecified atom stereocenters. The zero-order valence-electron chi connectivity index (χ0n) is 10.3. The first-order valence-electron chi connectivity index (χ1n) is 6.17. The van der Waals surface area contributed by atoms with Crippen molar-refractivity contribution in [1.82, 2.24) is 4.98 Å². The van der Waals surface area contributed by atoms with Gasteiger partial charge < -0.3 is 4.74 Å². The molecule has 0 amide bonds. The van der Waals surface area contributed by atoms with Gasteiger partial charge in [-0.05, 0) is 36.6 Å². The fraction of sp³-hybridized carbons (Fsp3) is 0.267. The van der Waals surface area contributed by atoms with Gasteiger partial charge in [0.2, 0.25) is 0 Å². The molecule has 0 atom stereocenters. The summed E-state index contributed by atoms with van der Waals surface area (Å²) in [5, 5.41) is 0.724. The van der Waals surface area contributed by atoms with E-state index in [0.29, 0.717) is 6.61 Å². The Bertz CT molecular complexity index is 579. The quantitative estimate of drug-likeness (QED) is 0.772. The largest absolute Gasteiger partial charge is 0.490 e. The second-order valence-corrected chi connectivity index (χ2v) is 6.09. The van der Waals surface area contributed by atoms with E-state index in [2.05, 4.69) is 4.98 Å². The number of benzene rings is 1. The second-order valence-electron chi connectivity index (χ2n) is 4.86. The van der Waals surface area contributed by atoms with Crippen molar-refractivity contribution < 1.29 is 4.74 Å². The SMILES string of the molecule is Clc1ccc(-c2cncc(OCC3(Cl)CC3)c2)cc1. The number of halogens is 2. The van der Waals surface area contributed by atoms with Gasteiger partial charge in [-0.2, -0.15) is 0 Å². The zero-order chi connectivity index (χ0) is 13.3. The average molecular weight is 294 g/mol. The molecule has 98 valence electrons. The van der Waals surface area contributed by atoms with E-state index in [-0.39, 0.29) is 4.87 Å². The van der Waals surface area contributed by atoms with Gasteiger partial charge in [0.15, 0.2) is 0 Å². The van der Waals surface area contributed by atoms with E-state index < -0.39 is 0 Å². The van der Waals surface area contributed by atoms with Crippen LogP contribution in [-0.2, 0) is 0 Å². The van der Waals surface area contributed by atoms with Crippen LogP contribution in [0.2, 0.25) is 5.02 Å². The van der Waals surface area contributed by atoms with Gasteiger partial charge in [0.25, 0.3) is 0 Å². The third kappa shape index (κ3) is 3.20. The highest BCUT2D eigenvalue weighted by Crippen LogP contribution is 2.42. The van der Waals surface area contributed by atoms with Gasteiger partial charge in [0, 0.05) is 16.8 Å². The van der Waals surface area contributed by atoms with Gasteiger partial charge in [-0.25, -0.2) is 0 Å². The molecule has 1 heterocycles. The van der Waals surface area contributed by atoms with Crippen LogP contribution in [-0.4, -0.2) is 16.5 Å². The molecule has 0 N–H and O–H groups in total. The number of aromatic nitrogens is 1. The summed E-state index contributed by atoms with van der Waals surface area (Å²) in [5.74, 6) is 0.749. The van der Waals surface area contributed by atoms with Gasteiger partial charge in [-0.1, -0.05) is 23.7 Å². The normalized spacial score (nSPS) is 16.1. The fourth-order valence-corrected chi connectivity index (χ4v) is 2.07. The number of alkyl halides is 1. The molecule has 1 aromatic heterocycles. The molecule has 19 heavy (non-hydrogen) atoms. The van der Waals surface area contributed by atoms with Crippen molar-refractivity contribution in [3.05, 3.63) is 47.7 Å². The van der Waals surface area contributed by atoms with Crippen molar-refractivity contribution in [3.63, 3.8) is 0 Å². The van der Waals surface area contributed by atoms with Crippen molar-refractivity contribution in [3.8, 4) is 16.9 Å². The topological polar surface area (TPSA) is 22.1 Å². The van der Waals surface area contributed by atoms with Gasteiger partial charge >= 0.3 is 0 Å². The highest BCUT2D eigenvalue weighted by molar-refractivity contribution is 6.30. The number of hydrogen-bond acceptors (Lipinski definition) is 2. The van der Waals surface area contributed by atoms with Crippen LogP contribution in [0.5, 0.6) is 5.75 Å². The van der Waals surface area contributed by atoms with Crippen molar-refractivity contribution in [2.45, 2.75) is 17.7 Å². The molecule has 0 spiro atoms. The van der Waals surface area contributed by atoms with E-state index >= 15 is 0 Å². The number of pyridine rings is 1. The van der Waals surface area contributed by atoms with Crippen molar-refractivity contribution in [2.24, 2.45) is 0 Å². The summed E-state index contributed by atoms with van der Waals surface area (Å²) in [6, 6.07) is 9.63. The molecule has 2 aromatic rings. The standard InChI is InChI=1S/C15H13Cl2NO/c16-13-3-1-11(2-4-13)12-7-14(9-18-8-12)19-10-15(17)5-6-15/h1-4,7-9H,5-6,10H2. The van der Waals surface area contributed by atoms with Crippen LogP contribution in [0, 0.1) is 0 Å². The predicted molar refractivity (Wildman–Crippen MR) is 78.0 cm³/mol. The fourth-order valence-electron chi connectivity index (χ4n) is 1.79. The lowest BCUT2D eigenvalue weighted by Crippen LogP contribution is -2.12. The predicted octanol–water partition coefficient (Wildman–Crippen LogP) is 4.55. The molecule has 2 nitrogen and oxygen atoms in total. The molecule has 0 radical (unpaired) electrons. The van der Waals surface area contributed by atoms with Gasteiger partial charge in [-0.15, -0.1) is 11.6 Å². The minimum absolute atomic E-state index is 0.143. The molecular formula is C15H13Cl2NO. The van der Waals surface area contributed by atoms with Crippen LogP contribution in [0.1, 0.15) is 12.8 Å². The maximum atomic E-state index is 6.21. The van der Waals surface area contributed by atoms with E-state index in [9.17, 15) is 0 Å². The Morgan fingerprint density at radius 1 is 1.11 bits per heavy atom. The van der Waals surface area contributed by atoms with Gasteiger partial charge in [-0.3, -0.25) is 4.98 Å². The Morgan fingerprint density at radius 2 is 1.84 bits per heavy atom. The molecule has 0 aliphatic heterocycles. The molecule has 0 bridgehead atoms. The molecule has 3 rings (SSSR count). The summed E-state index contributed by atoms with van der Waals surface area (Å²) in [5.41, 5.74) is 2.07. The third-order valence-corrected chi connectivity index (χ3v) is 3.92. The van der Waals surface area contributed by atoms with Crippen LogP contribution < -0.4 is 4.74 Å². The highest BCUT2D eigenvalue weighted by atomic mass is 35.5. The molecular weight excluding hydrogens is 281 g/mol. The van der Waals surface area contributed by atoms with Crippen LogP contribution in [0.25, 0.3) is 11.1 Å². The molecule has 1 aliphatic carbocycles. The number of hydrogen-bond donors (Lipinski definition) is 0. The Morgan fingerprint density at radius 3 is 2.53 bits per heavy atom. The maximum absolute atomic E-state index is 6.21. The number of nitrogens with zero attached hydrogens (tertiary/aromatic N) is 1. The smallest absolute Gasteiger partial charge is 0.138 e. The summed E-state index contributed by atoms with van der Waals surface area (Å²) in [6.07, 6.45) is 5.57. The first-order valence-corrected chi connectivity index (χ1v) is 6.93. The van der Waals surface area contributed by atoms with E-state index in [1.54, 1.807) is 6.20 Å². The molecule has 0 saturated heterocycles. The van der Waals surface area contributed by atoms with Crippen LogP contribution in [0.15, 0.2) is 42.7 Å². The summed E-state index contributed by atoms with van der Waals surface area (Å²) < 4.78 is 5.70. The third-order valence-electron chi connectivity index (χ3n) is 3.18. The number of ether oxygens (including phenoxy) is 1. The van der Waals surface area contributed by atoms with Crippen molar-refractivity contribution in [1.29, 1.82) is 0 Å². The Balaban J connectivity index is 1.77. The monoisotopic (exact) mass is 293 g/mol. The van der Waals surface area contributed by atoms with E-state index in [4.69, 9.17) is 27.9 Å². The van der Waals surface area contributed by atoms with Gasteiger partial charge in [0.1, 0.15) is 12.4 Å². The number of rotatable bonds is 4. The molecule has 1 aliphatic rings. The summed E-state index contributed by atoms with van der Waals surface area (Å²) in [7, 11) is 0. The van der Waals surface area contributed by atoms with E-state index in [0.717, 1.165) is 34.7 Å².